The van der Waals surface area contributed by atoms with Crippen LogP contribution in [0.2, 0.25) is 0 Å². The van der Waals surface area contributed by atoms with Gasteiger partial charge in [0.05, 0.1) is 5.69 Å². The number of anilines is 1. The van der Waals surface area contributed by atoms with Gasteiger partial charge in [0.25, 0.3) is 0 Å². The molecule has 4 nitrogen and oxygen atoms in total. The van der Waals surface area contributed by atoms with Gasteiger partial charge in [0.1, 0.15) is 5.65 Å². The van der Waals surface area contributed by atoms with E-state index in [1.807, 2.05) is 36.2 Å². The summed E-state index contributed by atoms with van der Waals surface area (Å²) in [6.07, 6.45) is 2.04. The molecule has 1 saturated heterocycles. The van der Waals surface area contributed by atoms with E-state index >= 15 is 0 Å². The lowest BCUT2D eigenvalue weighted by Gasteiger charge is -2.33. The second-order valence-electron chi connectivity index (χ2n) is 4.63. The molecule has 1 unspecified atom stereocenters. The minimum Gasteiger partial charge on any atom is -0.351 e. The average molecular weight is 262 g/mol. The highest BCUT2D eigenvalue weighted by molar-refractivity contribution is 7.99. The molecule has 0 bridgehead atoms. The van der Waals surface area contributed by atoms with Gasteiger partial charge in [-0.2, -0.15) is 11.8 Å². The number of nitrogens with zero attached hydrogens (tertiary/aromatic N) is 3. The van der Waals surface area contributed by atoms with Gasteiger partial charge in [-0.25, -0.2) is 4.98 Å². The Bertz CT molecular complexity index is 551. The van der Waals surface area contributed by atoms with Crippen LogP contribution in [-0.2, 0) is 6.54 Å². The molecule has 0 aromatic carbocycles. The summed E-state index contributed by atoms with van der Waals surface area (Å²) in [6.45, 7) is 3.84. The van der Waals surface area contributed by atoms with Crippen LogP contribution in [-0.4, -0.2) is 33.5 Å². The first-order valence-electron chi connectivity index (χ1n) is 6.31. The van der Waals surface area contributed by atoms with Gasteiger partial charge in [-0.05, 0) is 19.1 Å². The molecule has 0 spiro atoms. The van der Waals surface area contributed by atoms with Crippen LogP contribution < -0.4 is 10.6 Å². The van der Waals surface area contributed by atoms with Gasteiger partial charge in [-0.3, -0.25) is 0 Å². The molecule has 3 heterocycles. The van der Waals surface area contributed by atoms with E-state index in [0.717, 1.165) is 29.5 Å². The molecule has 2 aromatic rings. The van der Waals surface area contributed by atoms with Gasteiger partial charge in [-0.15, -0.1) is 0 Å². The van der Waals surface area contributed by atoms with E-state index in [4.69, 9.17) is 10.7 Å². The summed E-state index contributed by atoms with van der Waals surface area (Å²) >= 11 is 2.01. The normalized spacial score (nSPS) is 20.6. The highest BCUT2D eigenvalue weighted by Crippen LogP contribution is 2.27. The molecule has 0 aliphatic carbocycles. The zero-order valence-corrected chi connectivity index (χ0v) is 11.4. The third-order valence-corrected chi connectivity index (χ3v) is 4.63. The predicted octanol–water partition coefficient (Wildman–Crippen LogP) is 1.73. The fourth-order valence-electron chi connectivity index (χ4n) is 2.50. The number of nitrogens with two attached hydrogens (primary N) is 1. The minimum absolute atomic E-state index is 0.525. The fourth-order valence-corrected chi connectivity index (χ4v) is 3.51. The van der Waals surface area contributed by atoms with Crippen molar-refractivity contribution in [1.82, 2.24) is 9.38 Å². The van der Waals surface area contributed by atoms with Crippen LogP contribution in [0.5, 0.6) is 0 Å². The van der Waals surface area contributed by atoms with Crippen LogP contribution in [0.1, 0.15) is 12.6 Å². The Morgan fingerprint density at radius 3 is 3.17 bits per heavy atom. The van der Waals surface area contributed by atoms with E-state index in [1.165, 1.54) is 5.75 Å². The van der Waals surface area contributed by atoms with Crippen molar-refractivity contribution >= 4 is 23.2 Å². The van der Waals surface area contributed by atoms with Crippen LogP contribution in [0.4, 0.5) is 5.82 Å². The lowest BCUT2D eigenvalue weighted by atomic mass is 10.3. The summed E-state index contributed by atoms with van der Waals surface area (Å²) in [6, 6.07) is 6.60. The van der Waals surface area contributed by atoms with Crippen molar-refractivity contribution in [3.05, 3.63) is 30.1 Å². The molecule has 96 valence electrons. The van der Waals surface area contributed by atoms with Gasteiger partial charge >= 0.3 is 0 Å². The van der Waals surface area contributed by atoms with Crippen molar-refractivity contribution in [1.29, 1.82) is 0 Å². The summed E-state index contributed by atoms with van der Waals surface area (Å²) in [5.41, 5.74) is 8.02. The molecule has 1 fully saturated rings. The maximum Gasteiger partial charge on any atom is 0.152 e. The topological polar surface area (TPSA) is 46.6 Å². The predicted molar refractivity (Wildman–Crippen MR) is 77.2 cm³/mol. The third-order valence-electron chi connectivity index (χ3n) is 3.44. The molecule has 0 radical (unpaired) electrons. The summed E-state index contributed by atoms with van der Waals surface area (Å²) in [5.74, 6) is 3.40. The highest BCUT2D eigenvalue weighted by atomic mass is 32.2. The van der Waals surface area contributed by atoms with Crippen molar-refractivity contribution in [3.8, 4) is 0 Å². The van der Waals surface area contributed by atoms with E-state index in [1.54, 1.807) is 0 Å². The first kappa shape index (κ1) is 11.9. The monoisotopic (exact) mass is 262 g/mol. The van der Waals surface area contributed by atoms with Crippen LogP contribution in [0.15, 0.2) is 24.4 Å². The lowest BCUT2D eigenvalue weighted by Crippen LogP contribution is -2.41. The largest absolute Gasteiger partial charge is 0.351 e. The number of pyridine rings is 1. The van der Waals surface area contributed by atoms with Crippen LogP contribution in [0.3, 0.4) is 0 Å². The average Bonchev–Trinajstić information content (AvgIpc) is 2.77. The number of fused-ring (bicyclic) bond motifs is 1. The zero-order chi connectivity index (χ0) is 12.5. The van der Waals surface area contributed by atoms with E-state index < -0.39 is 0 Å². The molecule has 5 heteroatoms. The summed E-state index contributed by atoms with van der Waals surface area (Å²) < 4.78 is 2.10. The van der Waals surface area contributed by atoms with Crippen LogP contribution in [0.25, 0.3) is 5.65 Å². The number of thioether (sulfide) groups is 1. The maximum atomic E-state index is 5.92. The van der Waals surface area contributed by atoms with Crippen LogP contribution >= 0.6 is 11.8 Å². The Balaban J connectivity index is 2.10. The molecule has 1 atom stereocenters. The molecular weight excluding hydrogens is 244 g/mol. The molecule has 18 heavy (non-hydrogen) atoms. The third kappa shape index (κ3) is 1.87. The minimum atomic E-state index is 0.525. The Morgan fingerprint density at radius 1 is 1.50 bits per heavy atom. The van der Waals surface area contributed by atoms with Crippen LogP contribution in [0, 0.1) is 0 Å². The van der Waals surface area contributed by atoms with E-state index in [9.17, 15) is 0 Å². The number of hydrogen-bond donors (Lipinski definition) is 1. The molecule has 1 aliphatic rings. The summed E-state index contributed by atoms with van der Waals surface area (Å²) in [4.78, 5) is 7.15. The summed E-state index contributed by atoms with van der Waals surface area (Å²) in [7, 11) is 0. The fraction of sp³-hybridized carbons (Fsp3) is 0.462. The van der Waals surface area contributed by atoms with Crippen molar-refractivity contribution in [2.24, 2.45) is 5.73 Å². The molecule has 3 rings (SSSR count). The quantitative estimate of drug-likeness (QED) is 0.895. The second-order valence-corrected chi connectivity index (χ2v) is 5.78. The lowest BCUT2D eigenvalue weighted by molar-refractivity contribution is 0.686. The molecule has 2 N–H and O–H groups in total. The van der Waals surface area contributed by atoms with E-state index in [-0.39, 0.29) is 0 Å². The maximum absolute atomic E-state index is 5.92. The van der Waals surface area contributed by atoms with E-state index in [0.29, 0.717) is 12.6 Å². The van der Waals surface area contributed by atoms with Crippen molar-refractivity contribution in [3.63, 3.8) is 0 Å². The molecular formula is C13H18N4S. The number of aromatic nitrogens is 2. The van der Waals surface area contributed by atoms with Gasteiger partial charge in [0.15, 0.2) is 5.82 Å². The second kappa shape index (κ2) is 4.82. The molecule has 1 aliphatic heterocycles. The van der Waals surface area contributed by atoms with Gasteiger partial charge < -0.3 is 15.0 Å². The van der Waals surface area contributed by atoms with Gasteiger partial charge in [-0.1, -0.05) is 6.07 Å². The molecule has 2 aromatic heterocycles. The first-order chi connectivity index (χ1) is 8.81. The Labute approximate surface area is 111 Å². The number of imidazole rings is 1. The Kier molecular flexibility index (Phi) is 3.18. The molecule has 0 amide bonds. The van der Waals surface area contributed by atoms with E-state index in [2.05, 4.69) is 16.2 Å². The number of rotatable bonds is 2. The SMILES string of the molecule is CC1CSCCN1c1nc2ccccn2c1CN. The van der Waals surface area contributed by atoms with Crippen molar-refractivity contribution in [2.45, 2.75) is 19.5 Å². The Morgan fingerprint density at radius 2 is 2.39 bits per heavy atom. The van der Waals surface area contributed by atoms with Gasteiger partial charge in [0, 0.05) is 36.8 Å². The van der Waals surface area contributed by atoms with Crippen molar-refractivity contribution < 1.29 is 0 Å². The highest BCUT2D eigenvalue weighted by Gasteiger charge is 2.24. The first-order valence-corrected chi connectivity index (χ1v) is 7.47. The van der Waals surface area contributed by atoms with Crippen molar-refractivity contribution in [2.75, 3.05) is 23.0 Å². The smallest absolute Gasteiger partial charge is 0.152 e. The standard InChI is InChI=1S/C13H18N4S/c1-10-9-18-7-6-16(10)13-11(8-14)17-5-3-2-4-12(17)15-13/h2-5,10H,6-9,14H2,1H3. The summed E-state index contributed by atoms with van der Waals surface area (Å²) in [5, 5.41) is 0. The molecule has 0 saturated carbocycles. The Hall–Kier alpha value is -1.20. The number of hydrogen-bond acceptors (Lipinski definition) is 4. The van der Waals surface area contributed by atoms with Gasteiger partial charge in [0.2, 0.25) is 0 Å². The zero-order valence-electron chi connectivity index (χ0n) is 10.5.